The summed E-state index contributed by atoms with van der Waals surface area (Å²) in [5.74, 6) is -0.283. The Kier molecular flexibility index (Phi) is 5.11. The summed E-state index contributed by atoms with van der Waals surface area (Å²) in [6.45, 7) is 0.681. The van der Waals surface area contributed by atoms with E-state index in [2.05, 4.69) is 21.7 Å². The fourth-order valence-electron chi connectivity index (χ4n) is 4.08. The first-order valence-corrected chi connectivity index (χ1v) is 9.87. The molecule has 2 amide bonds. The molecule has 2 aliphatic rings. The molecule has 1 aliphatic heterocycles. The number of hydrogen-bond donors (Lipinski definition) is 2. The molecule has 0 spiro atoms. The van der Waals surface area contributed by atoms with Gasteiger partial charge in [-0.05, 0) is 50.3 Å². The summed E-state index contributed by atoms with van der Waals surface area (Å²) in [7, 11) is 0. The highest BCUT2D eigenvalue weighted by molar-refractivity contribution is 6.03. The van der Waals surface area contributed by atoms with Gasteiger partial charge in [0.15, 0.2) is 5.82 Å². The molecule has 1 aliphatic carbocycles. The largest absolute Gasteiger partial charge is 0.348 e. The van der Waals surface area contributed by atoms with Crippen LogP contribution in [0.4, 0.5) is 5.69 Å². The van der Waals surface area contributed by atoms with Gasteiger partial charge >= 0.3 is 0 Å². The van der Waals surface area contributed by atoms with Gasteiger partial charge in [0.25, 0.3) is 11.8 Å². The zero-order valence-corrected chi connectivity index (χ0v) is 15.7. The number of rotatable bonds is 4. The molecule has 1 saturated carbocycles. The van der Waals surface area contributed by atoms with Crippen molar-refractivity contribution >= 4 is 17.5 Å². The summed E-state index contributed by atoms with van der Waals surface area (Å²) in [6, 6.07) is 9.01. The number of carbonyl (C=O) groups excluding carboxylic acids is 2. The Morgan fingerprint density at radius 3 is 2.75 bits per heavy atom. The van der Waals surface area contributed by atoms with Gasteiger partial charge < -0.3 is 15.2 Å². The number of aromatic nitrogens is 2. The zero-order valence-electron chi connectivity index (χ0n) is 15.7. The summed E-state index contributed by atoms with van der Waals surface area (Å²) in [6.07, 6.45) is 6.98. The van der Waals surface area contributed by atoms with Crippen molar-refractivity contribution in [3.63, 3.8) is 0 Å². The van der Waals surface area contributed by atoms with Gasteiger partial charge in [-0.1, -0.05) is 18.9 Å². The second-order valence-electron chi connectivity index (χ2n) is 7.44. The standard InChI is InChI=1S/C21H23N5O2/c22-13-14-6-5-9-16(12-14)24-21(28)19-25-18(17-10-3-4-11-26(17)19)20(27)23-15-7-1-2-8-15/h5-6,9,12,15H,1-4,7-8,10-11H2,(H,23,27)(H,24,28). The fraction of sp³-hybridized carbons (Fsp3) is 0.429. The van der Waals surface area contributed by atoms with Gasteiger partial charge in [-0.2, -0.15) is 5.26 Å². The van der Waals surface area contributed by atoms with E-state index >= 15 is 0 Å². The van der Waals surface area contributed by atoms with E-state index in [9.17, 15) is 9.59 Å². The minimum atomic E-state index is -0.363. The number of nitrogens with zero attached hydrogens (tertiary/aromatic N) is 3. The number of anilines is 1. The summed E-state index contributed by atoms with van der Waals surface area (Å²) in [5.41, 5.74) is 2.23. The maximum atomic E-state index is 12.9. The van der Waals surface area contributed by atoms with Crippen molar-refractivity contribution in [2.45, 2.75) is 57.5 Å². The average Bonchev–Trinajstić information content (AvgIpc) is 3.35. The first-order chi connectivity index (χ1) is 13.7. The summed E-state index contributed by atoms with van der Waals surface area (Å²) < 4.78 is 1.87. The summed E-state index contributed by atoms with van der Waals surface area (Å²) in [5, 5.41) is 14.9. The molecule has 0 radical (unpaired) electrons. The van der Waals surface area contributed by atoms with Crippen molar-refractivity contribution in [2.75, 3.05) is 5.32 Å². The molecule has 2 heterocycles. The van der Waals surface area contributed by atoms with Crippen LogP contribution in [0.5, 0.6) is 0 Å². The number of carbonyl (C=O) groups is 2. The maximum Gasteiger partial charge on any atom is 0.291 e. The van der Waals surface area contributed by atoms with Gasteiger partial charge in [-0.3, -0.25) is 9.59 Å². The summed E-state index contributed by atoms with van der Waals surface area (Å²) >= 11 is 0. The second kappa shape index (κ2) is 7.85. The van der Waals surface area contributed by atoms with Crippen molar-refractivity contribution in [2.24, 2.45) is 0 Å². The van der Waals surface area contributed by atoms with Crippen molar-refractivity contribution in [3.8, 4) is 6.07 Å². The lowest BCUT2D eigenvalue weighted by atomic mass is 10.1. The van der Waals surface area contributed by atoms with Crippen LogP contribution in [0.3, 0.4) is 0 Å². The van der Waals surface area contributed by atoms with Crippen molar-refractivity contribution in [1.29, 1.82) is 5.26 Å². The van der Waals surface area contributed by atoms with E-state index in [0.717, 1.165) is 50.6 Å². The predicted octanol–water partition coefficient (Wildman–Crippen LogP) is 3.02. The molecular weight excluding hydrogens is 354 g/mol. The lowest BCUT2D eigenvalue weighted by Gasteiger charge is -2.17. The second-order valence-corrected chi connectivity index (χ2v) is 7.44. The van der Waals surface area contributed by atoms with Gasteiger partial charge in [0.1, 0.15) is 5.69 Å². The minimum Gasteiger partial charge on any atom is -0.348 e. The first kappa shape index (κ1) is 18.2. The van der Waals surface area contributed by atoms with Crippen LogP contribution in [0.2, 0.25) is 0 Å². The summed E-state index contributed by atoms with van der Waals surface area (Å²) in [4.78, 5) is 30.1. The molecule has 0 saturated heterocycles. The molecule has 7 nitrogen and oxygen atoms in total. The number of amides is 2. The van der Waals surface area contributed by atoms with Crippen LogP contribution < -0.4 is 10.6 Å². The molecule has 4 rings (SSSR count). The van der Waals surface area contributed by atoms with Crippen molar-refractivity contribution < 1.29 is 9.59 Å². The Morgan fingerprint density at radius 2 is 1.96 bits per heavy atom. The van der Waals surface area contributed by atoms with Crippen LogP contribution in [0.25, 0.3) is 0 Å². The lowest BCUT2D eigenvalue weighted by molar-refractivity contribution is 0.0931. The van der Waals surface area contributed by atoms with Crippen molar-refractivity contribution in [1.82, 2.24) is 14.9 Å². The third kappa shape index (κ3) is 3.63. The highest BCUT2D eigenvalue weighted by atomic mass is 16.2. The molecule has 0 unspecified atom stereocenters. The fourth-order valence-corrected chi connectivity index (χ4v) is 4.08. The molecule has 1 aromatic carbocycles. The number of benzene rings is 1. The quantitative estimate of drug-likeness (QED) is 0.855. The topological polar surface area (TPSA) is 99.8 Å². The van der Waals surface area contributed by atoms with Crippen LogP contribution >= 0.6 is 0 Å². The average molecular weight is 377 g/mol. The molecule has 2 aromatic rings. The number of nitrogens with one attached hydrogen (secondary N) is 2. The smallest absolute Gasteiger partial charge is 0.291 e. The highest BCUT2D eigenvalue weighted by Crippen LogP contribution is 2.23. The van der Waals surface area contributed by atoms with E-state index in [1.165, 1.54) is 0 Å². The van der Waals surface area contributed by atoms with E-state index in [1.807, 2.05) is 4.57 Å². The Morgan fingerprint density at radius 1 is 1.14 bits per heavy atom. The first-order valence-electron chi connectivity index (χ1n) is 9.87. The van der Waals surface area contributed by atoms with E-state index in [4.69, 9.17) is 5.26 Å². The van der Waals surface area contributed by atoms with E-state index in [0.29, 0.717) is 23.5 Å². The van der Waals surface area contributed by atoms with Crippen LogP contribution in [0.1, 0.15) is 70.9 Å². The molecule has 28 heavy (non-hydrogen) atoms. The molecule has 0 atom stereocenters. The monoisotopic (exact) mass is 377 g/mol. The van der Waals surface area contributed by atoms with Gasteiger partial charge in [-0.15, -0.1) is 0 Å². The van der Waals surface area contributed by atoms with E-state index in [-0.39, 0.29) is 23.7 Å². The Hall–Kier alpha value is -3.14. The van der Waals surface area contributed by atoms with E-state index < -0.39 is 0 Å². The van der Waals surface area contributed by atoms with Crippen LogP contribution in [0.15, 0.2) is 24.3 Å². The van der Waals surface area contributed by atoms with Crippen LogP contribution in [-0.4, -0.2) is 27.4 Å². The Balaban J connectivity index is 1.59. The Bertz CT molecular complexity index is 950. The number of imidazole rings is 1. The van der Waals surface area contributed by atoms with Crippen LogP contribution in [-0.2, 0) is 13.0 Å². The third-order valence-corrected chi connectivity index (χ3v) is 5.48. The third-order valence-electron chi connectivity index (χ3n) is 5.48. The normalized spacial score (nSPS) is 16.2. The van der Waals surface area contributed by atoms with Crippen molar-refractivity contribution in [3.05, 3.63) is 47.0 Å². The maximum absolute atomic E-state index is 12.9. The molecule has 1 aromatic heterocycles. The molecule has 1 fully saturated rings. The molecule has 7 heteroatoms. The molecular formula is C21H23N5O2. The van der Waals surface area contributed by atoms with Gasteiger partial charge in [0, 0.05) is 18.3 Å². The van der Waals surface area contributed by atoms with Gasteiger partial charge in [-0.25, -0.2) is 4.98 Å². The molecule has 0 bridgehead atoms. The highest BCUT2D eigenvalue weighted by Gasteiger charge is 2.29. The Labute approximate surface area is 163 Å². The van der Waals surface area contributed by atoms with E-state index in [1.54, 1.807) is 24.3 Å². The molecule has 2 N–H and O–H groups in total. The minimum absolute atomic E-state index is 0.178. The zero-order chi connectivity index (χ0) is 19.5. The molecule has 144 valence electrons. The van der Waals surface area contributed by atoms with Gasteiger partial charge in [0.2, 0.25) is 0 Å². The number of hydrogen-bond acceptors (Lipinski definition) is 4. The number of nitriles is 1. The van der Waals surface area contributed by atoms with Crippen LogP contribution in [0, 0.1) is 11.3 Å². The number of fused-ring (bicyclic) bond motifs is 1. The SMILES string of the molecule is N#Cc1cccc(NC(=O)c2nc(C(=O)NC3CCCC3)c3n2CCCC3)c1. The predicted molar refractivity (Wildman–Crippen MR) is 104 cm³/mol. The lowest BCUT2D eigenvalue weighted by Crippen LogP contribution is -2.33. The van der Waals surface area contributed by atoms with Gasteiger partial charge in [0.05, 0.1) is 17.3 Å².